The van der Waals surface area contributed by atoms with E-state index in [1.54, 1.807) is 128 Å². The molecule has 4 aliphatic carbocycles. The monoisotopic (exact) mass is 551 g/mol. The van der Waals surface area contributed by atoms with Crippen molar-refractivity contribution in [1.82, 2.24) is 0 Å². The molecule has 0 spiro atoms. The normalized spacial score (nSPS) is 36.3. The summed E-state index contributed by atoms with van der Waals surface area (Å²) >= 11 is 0. The van der Waals surface area contributed by atoms with Gasteiger partial charge in [-0.2, -0.15) is 0 Å². The number of hydrogen-bond acceptors (Lipinski definition) is 0. The van der Waals surface area contributed by atoms with Crippen molar-refractivity contribution in [3.8, 4) is 0 Å². The SMILES string of the molecule is C1CCCCC(B2C3CCCCCCCCC3C(C3CCCCCCCC3)C3CCCCCCCC23)CCCC1. The van der Waals surface area contributed by atoms with Crippen molar-refractivity contribution in [1.29, 1.82) is 0 Å². The molecule has 5 aliphatic rings. The van der Waals surface area contributed by atoms with Crippen molar-refractivity contribution in [3.05, 3.63) is 0 Å². The molecule has 5 unspecified atom stereocenters. The second-order valence-electron chi connectivity index (χ2n) is 16.1. The summed E-state index contributed by atoms with van der Waals surface area (Å²) in [6.07, 6.45) is 50.0. The molecule has 5 atom stereocenters. The van der Waals surface area contributed by atoms with Crippen molar-refractivity contribution in [3.63, 3.8) is 0 Å². The molecular formula is C39H71B. The van der Waals surface area contributed by atoms with E-state index >= 15 is 0 Å². The number of fused-ring (bicyclic) bond motifs is 2. The van der Waals surface area contributed by atoms with E-state index in [9.17, 15) is 0 Å². The van der Waals surface area contributed by atoms with Crippen LogP contribution in [0.3, 0.4) is 0 Å². The first-order chi connectivity index (χ1) is 19.9. The molecule has 230 valence electrons. The quantitative estimate of drug-likeness (QED) is 0.300. The smallest absolute Gasteiger partial charge is 0.0617 e. The molecular weight excluding hydrogens is 479 g/mol. The van der Waals surface area contributed by atoms with Crippen LogP contribution in [0.1, 0.15) is 205 Å². The Kier molecular flexibility index (Phi) is 14.2. The molecule has 0 amide bonds. The van der Waals surface area contributed by atoms with E-state index in [2.05, 4.69) is 0 Å². The van der Waals surface area contributed by atoms with Gasteiger partial charge in [-0.1, -0.05) is 223 Å². The Bertz CT molecular complexity index is 637. The lowest BCUT2D eigenvalue weighted by Crippen LogP contribution is -2.51. The minimum atomic E-state index is 1.07. The highest BCUT2D eigenvalue weighted by Gasteiger charge is 2.54. The lowest BCUT2D eigenvalue weighted by molar-refractivity contribution is 0.0744. The molecule has 1 saturated heterocycles. The second kappa shape index (κ2) is 18.0. The van der Waals surface area contributed by atoms with Crippen LogP contribution in [0, 0.1) is 23.7 Å². The molecule has 1 heterocycles. The highest BCUT2D eigenvalue weighted by atomic mass is 14.5. The lowest BCUT2D eigenvalue weighted by Gasteiger charge is -2.56. The molecule has 0 aromatic rings. The van der Waals surface area contributed by atoms with Crippen LogP contribution in [0.25, 0.3) is 0 Å². The first-order valence-corrected chi connectivity index (χ1v) is 19.9. The summed E-state index contributed by atoms with van der Waals surface area (Å²) < 4.78 is 0. The van der Waals surface area contributed by atoms with E-state index in [0.29, 0.717) is 0 Å². The Morgan fingerprint density at radius 2 is 0.575 bits per heavy atom. The maximum Gasteiger partial charge on any atom is 0.150 e. The molecule has 0 aromatic carbocycles. The van der Waals surface area contributed by atoms with Gasteiger partial charge in [-0.3, -0.25) is 0 Å². The molecule has 0 bridgehead atoms. The average Bonchev–Trinajstić information content (AvgIpc) is 3.19. The third-order valence-corrected chi connectivity index (χ3v) is 13.6. The summed E-state index contributed by atoms with van der Waals surface area (Å²) in [5.41, 5.74) is 0. The largest absolute Gasteiger partial charge is 0.150 e. The fourth-order valence-electron chi connectivity index (χ4n) is 11.8. The van der Waals surface area contributed by atoms with Crippen LogP contribution in [0.5, 0.6) is 0 Å². The van der Waals surface area contributed by atoms with Crippen molar-refractivity contribution in [2.24, 2.45) is 23.7 Å². The predicted molar refractivity (Wildman–Crippen MR) is 179 cm³/mol. The predicted octanol–water partition coefficient (Wildman–Crippen LogP) is 13.6. The van der Waals surface area contributed by atoms with Crippen molar-refractivity contribution < 1.29 is 0 Å². The van der Waals surface area contributed by atoms with E-state index in [1.807, 2.05) is 0 Å². The molecule has 40 heavy (non-hydrogen) atoms. The summed E-state index contributed by atoms with van der Waals surface area (Å²) in [6, 6.07) is 0. The van der Waals surface area contributed by atoms with Crippen LogP contribution in [0.15, 0.2) is 0 Å². The summed E-state index contributed by atoms with van der Waals surface area (Å²) in [6.45, 7) is 1.10. The molecule has 0 N–H and O–H groups in total. The molecule has 4 saturated carbocycles. The fourth-order valence-corrected chi connectivity index (χ4v) is 11.8. The van der Waals surface area contributed by atoms with E-state index in [4.69, 9.17) is 0 Å². The van der Waals surface area contributed by atoms with Gasteiger partial charge < -0.3 is 0 Å². The average molecular weight is 551 g/mol. The zero-order valence-corrected chi connectivity index (χ0v) is 27.2. The molecule has 1 aliphatic heterocycles. The van der Waals surface area contributed by atoms with Gasteiger partial charge in [0.05, 0.1) is 0 Å². The van der Waals surface area contributed by atoms with Gasteiger partial charge in [0.2, 0.25) is 0 Å². The molecule has 1 heteroatoms. The Morgan fingerprint density at radius 3 is 0.975 bits per heavy atom. The van der Waals surface area contributed by atoms with Gasteiger partial charge in [0.1, 0.15) is 6.71 Å². The Balaban J connectivity index is 1.50. The zero-order chi connectivity index (χ0) is 27.2. The number of hydrogen-bond donors (Lipinski definition) is 0. The van der Waals surface area contributed by atoms with Gasteiger partial charge in [-0.05, 0) is 23.7 Å². The van der Waals surface area contributed by atoms with Crippen molar-refractivity contribution >= 4 is 6.71 Å². The first kappa shape index (κ1) is 31.5. The molecule has 5 fully saturated rings. The van der Waals surface area contributed by atoms with E-state index < -0.39 is 0 Å². The molecule has 5 rings (SSSR count). The van der Waals surface area contributed by atoms with Crippen LogP contribution in [-0.4, -0.2) is 6.71 Å². The van der Waals surface area contributed by atoms with Gasteiger partial charge in [-0.25, -0.2) is 0 Å². The lowest BCUT2D eigenvalue weighted by atomic mass is 9.18. The summed E-state index contributed by atoms with van der Waals surface area (Å²) in [5.74, 6) is 7.61. The second-order valence-corrected chi connectivity index (χ2v) is 16.1. The van der Waals surface area contributed by atoms with Crippen molar-refractivity contribution in [2.75, 3.05) is 0 Å². The highest BCUT2D eigenvalue weighted by molar-refractivity contribution is 6.64. The van der Waals surface area contributed by atoms with Crippen LogP contribution in [0.4, 0.5) is 0 Å². The summed E-state index contributed by atoms with van der Waals surface area (Å²) in [5, 5.41) is 0. The van der Waals surface area contributed by atoms with Crippen LogP contribution in [-0.2, 0) is 0 Å². The highest BCUT2D eigenvalue weighted by Crippen LogP contribution is 2.61. The minimum absolute atomic E-state index is 1.07. The van der Waals surface area contributed by atoms with E-state index in [-0.39, 0.29) is 0 Å². The molecule has 0 nitrogen and oxygen atoms in total. The van der Waals surface area contributed by atoms with Gasteiger partial charge in [0.15, 0.2) is 0 Å². The van der Waals surface area contributed by atoms with Gasteiger partial charge in [0, 0.05) is 0 Å². The Morgan fingerprint density at radius 1 is 0.275 bits per heavy atom. The third-order valence-electron chi connectivity index (χ3n) is 13.6. The van der Waals surface area contributed by atoms with Crippen LogP contribution >= 0.6 is 0 Å². The summed E-state index contributed by atoms with van der Waals surface area (Å²) in [7, 11) is 0. The third kappa shape index (κ3) is 9.04. The standard InChI is InChI=1S/C39H71B/c1-2-11-19-27-34(28-20-12-3-1)40-37-31-23-15-7-6-13-21-29-35(37)39(33-25-17-9-4-5-10-18-26-33)36-30-22-14-8-16-24-32-38(36)40/h33-39H,1-32H2. The first-order valence-electron chi connectivity index (χ1n) is 19.9. The van der Waals surface area contributed by atoms with Gasteiger partial charge in [-0.15, -0.1) is 0 Å². The van der Waals surface area contributed by atoms with Gasteiger partial charge in [0.25, 0.3) is 0 Å². The van der Waals surface area contributed by atoms with Crippen LogP contribution < -0.4 is 0 Å². The van der Waals surface area contributed by atoms with Crippen molar-refractivity contribution in [2.45, 2.75) is 223 Å². The Labute approximate surface area is 252 Å². The fraction of sp³-hybridized carbons (Fsp3) is 1.00. The molecule has 0 aromatic heterocycles. The van der Waals surface area contributed by atoms with E-state index in [0.717, 1.165) is 47.8 Å². The van der Waals surface area contributed by atoms with E-state index in [1.165, 1.54) is 77.0 Å². The zero-order valence-electron chi connectivity index (χ0n) is 27.2. The number of rotatable bonds is 2. The molecule has 0 radical (unpaired) electrons. The minimum Gasteiger partial charge on any atom is -0.0617 e. The topological polar surface area (TPSA) is 0 Å². The van der Waals surface area contributed by atoms with Crippen LogP contribution in [0.2, 0.25) is 17.5 Å². The van der Waals surface area contributed by atoms with Gasteiger partial charge >= 0.3 is 0 Å². The summed E-state index contributed by atoms with van der Waals surface area (Å²) in [4.78, 5) is 0. The Hall–Kier alpha value is 0.0649. The maximum atomic E-state index is 1.62. The maximum absolute atomic E-state index is 1.62.